The molecule has 1 aliphatic rings. The molecule has 1 rings (SSSR count). The number of unbranched alkanes of at least 4 members (excludes halogenated alkanes) is 13. The first-order valence-electron chi connectivity index (χ1n) is 10.9. The Bertz CT molecular complexity index is 242. The summed E-state index contributed by atoms with van der Waals surface area (Å²) in [4.78, 5) is 10.2. The van der Waals surface area contributed by atoms with Gasteiger partial charge in [0.05, 0.1) is 0 Å². The van der Waals surface area contributed by atoms with Gasteiger partial charge in [0.1, 0.15) is 6.29 Å². The lowest BCUT2D eigenvalue weighted by atomic mass is 9.85. The minimum Gasteiger partial charge on any atom is -0.303 e. The van der Waals surface area contributed by atoms with Crippen LogP contribution in [0.4, 0.5) is 0 Å². The van der Waals surface area contributed by atoms with Crippen molar-refractivity contribution in [3.05, 3.63) is 0 Å². The van der Waals surface area contributed by atoms with Crippen molar-refractivity contribution in [3.63, 3.8) is 0 Å². The number of rotatable bonds is 16. The highest BCUT2D eigenvalue weighted by Crippen LogP contribution is 2.28. The first kappa shape index (κ1) is 20.7. The van der Waals surface area contributed by atoms with Crippen LogP contribution < -0.4 is 0 Å². The van der Waals surface area contributed by atoms with Crippen molar-refractivity contribution in [2.24, 2.45) is 5.92 Å². The second kappa shape index (κ2) is 16.5. The lowest BCUT2D eigenvalue weighted by Gasteiger charge is -2.21. The Labute approximate surface area is 146 Å². The van der Waals surface area contributed by atoms with Crippen LogP contribution in [0.15, 0.2) is 0 Å². The van der Waals surface area contributed by atoms with Crippen LogP contribution >= 0.6 is 0 Å². The molecular formula is C22H42O. The van der Waals surface area contributed by atoms with E-state index in [9.17, 15) is 4.79 Å². The maximum absolute atomic E-state index is 10.2. The molecule has 1 heteroatoms. The Morgan fingerprint density at radius 3 is 1.48 bits per heavy atom. The zero-order valence-corrected chi connectivity index (χ0v) is 15.7. The average molecular weight is 323 g/mol. The number of carbonyl (C=O) groups is 1. The molecule has 0 N–H and O–H groups in total. The summed E-state index contributed by atoms with van der Waals surface area (Å²) in [7, 11) is 0. The third-order valence-corrected chi connectivity index (χ3v) is 5.66. The fourth-order valence-corrected chi connectivity index (χ4v) is 4.08. The Kier molecular flexibility index (Phi) is 14.9. The fourth-order valence-electron chi connectivity index (χ4n) is 4.08. The van der Waals surface area contributed by atoms with E-state index in [2.05, 4.69) is 0 Å². The second-order valence-electron chi connectivity index (χ2n) is 7.84. The van der Waals surface area contributed by atoms with Crippen LogP contribution in [0.3, 0.4) is 0 Å². The van der Waals surface area contributed by atoms with Crippen LogP contribution in [0.5, 0.6) is 0 Å². The van der Waals surface area contributed by atoms with Gasteiger partial charge < -0.3 is 4.79 Å². The molecule has 0 unspecified atom stereocenters. The molecule has 1 saturated carbocycles. The first-order valence-corrected chi connectivity index (χ1v) is 10.9. The van der Waals surface area contributed by atoms with Crippen molar-refractivity contribution in [1.82, 2.24) is 0 Å². The predicted octanol–water partition coefficient (Wildman–Crippen LogP) is 7.62. The second-order valence-corrected chi connectivity index (χ2v) is 7.84. The maximum Gasteiger partial charge on any atom is 0.119 e. The van der Waals surface area contributed by atoms with Crippen molar-refractivity contribution in [1.29, 1.82) is 0 Å². The first-order chi connectivity index (χ1) is 11.4. The molecule has 0 spiro atoms. The standard InChI is InChI=1S/C22H42O/c23-21-17-12-10-8-6-4-2-1-3-5-7-9-11-14-18-22-19-15-13-16-20-22/h21-22H,1-20H2. The molecule has 23 heavy (non-hydrogen) atoms. The highest BCUT2D eigenvalue weighted by atomic mass is 16.1. The van der Waals surface area contributed by atoms with Gasteiger partial charge in [-0.15, -0.1) is 0 Å². The Hall–Kier alpha value is -0.330. The Morgan fingerprint density at radius 2 is 1.00 bits per heavy atom. The largest absolute Gasteiger partial charge is 0.303 e. The third kappa shape index (κ3) is 13.8. The predicted molar refractivity (Wildman–Crippen MR) is 102 cm³/mol. The van der Waals surface area contributed by atoms with Crippen molar-refractivity contribution < 1.29 is 4.79 Å². The van der Waals surface area contributed by atoms with Gasteiger partial charge in [-0.05, 0) is 12.3 Å². The molecule has 0 aromatic carbocycles. The molecule has 0 amide bonds. The van der Waals surface area contributed by atoms with E-state index in [1.54, 1.807) is 0 Å². The minimum atomic E-state index is 0.765. The van der Waals surface area contributed by atoms with Gasteiger partial charge in [0, 0.05) is 6.42 Å². The summed E-state index contributed by atoms with van der Waals surface area (Å²) in [5.74, 6) is 1.09. The van der Waals surface area contributed by atoms with E-state index < -0.39 is 0 Å². The van der Waals surface area contributed by atoms with Gasteiger partial charge >= 0.3 is 0 Å². The SMILES string of the molecule is O=CCCCCCCCCCCCCCCCC1CCCCC1. The molecule has 0 radical (unpaired) electrons. The summed E-state index contributed by atoms with van der Waals surface area (Å²) in [6.07, 6.45) is 29.1. The summed E-state index contributed by atoms with van der Waals surface area (Å²) < 4.78 is 0. The van der Waals surface area contributed by atoms with Crippen LogP contribution in [-0.4, -0.2) is 6.29 Å². The number of aldehydes is 1. The van der Waals surface area contributed by atoms with Crippen molar-refractivity contribution in [3.8, 4) is 0 Å². The van der Waals surface area contributed by atoms with E-state index in [1.165, 1.54) is 116 Å². The molecule has 0 aliphatic heterocycles. The van der Waals surface area contributed by atoms with Crippen LogP contribution in [0.25, 0.3) is 0 Å². The molecule has 0 atom stereocenters. The van der Waals surface area contributed by atoms with Gasteiger partial charge in [-0.3, -0.25) is 0 Å². The van der Waals surface area contributed by atoms with Gasteiger partial charge in [-0.1, -0.05) is 116 Å². The summed E-state index contributed by atoms with van der Waals surface area (Å²) in [6.45, 7) is 0. The van der Waals surface area contributed by atoms with Gasteiger partial charge in [-0.25, -0.2) is 0 Å². The van der Waals surface area contributed by atoms with Gasteiger partial charge in [0.2, 0.25) is 0 Å². The zero-order valence-electron chi connectivity index (χ0n) is 15.7. The molecule has 1 aliphatic carbocycles. The van der Waals surface area contributed by atoms with Gasteiger partial charge in [0.15, 0.2) is 0 Å². The highest BCUT2D eigenvalue weighted by Gasteiger charge is 2.12. The van der Waals surface area contributed by atoms with Crippen molar-refractivity contribution in [2.75, 3.05) is 0 Å². The highest BCUT2D eigenvalue weighted by molar-refractivity contribution is 5.48. The monoisotopic (exact) mass is 322 g/mol. The minimum absolute atomic E-state index is 0.765. The summed E-state index contributed by atoms with van der Waals surface area (Å²) in [6, 6.07) is 0. The molecule has 0 bridgehead atoms. The molecule has 0 saturated heterocycles. The van der Waals surface area contributed by atoms with E-state index in [0.717, 1.165) is 25.0 Å². The van der Waals surface area contributed by atoms with Gasteiger partial charge in [-0.2, -0.15) is 0 Å². The summed E-state index contributed by atoms with van der Waals surface area (Å²) in [5.41, 5.74) is 0. The van der Waals surface area contributed by atoms with Crippen LogP contribution in [0, 0.1) is 5.92 Å². The fraction of sp³-hybridized carbons (Fsp3) is 0.955. The number of hydrogen-bond donors (Lipinski definition) is 0. The molecule has 136 valence electrons. The molecule has 0 aromatic rings. The van der Waals surface area contributed by atoms with E-state index in [4.69, 9.17) is 0 Å². The normalized spacial score (nSPS) is 15.8. The zero-order chi connectivity index (χ0) is 16.4. The van der Waals surface area contributed by atoms with Crippen LogP contribution in [-0.2, 0) is 4.79 Å². The van der Waals surface area contributed by atoms with E-state index in [0.29, 0.717) is 0 Å². The lowest BCUT2D eigenvalue weighted by molar-refractivity contribution is -0.107. The van der Waals surface area contributed by atoms with E-state index >= 15 is 0 Å². The Morgan fingerprint density at radius 1 is 0.565 bits per heavy atom. The van der Waals surface area contributed by atoms with Crippen molar-refractivity contribution in [2.45, 2.75) is 128 Å². The van der Waals surface area contributed by atoms with Gasteiger partial charge in [0.25, 0.3) is 0 Å². The van der Waals surface area contributed by atoms with Crippen LogP contribution in [0.2, 0.25) is 0 Å². The summed E-state index contributed by atoms with van der Waals surface area (Å²) in [5, 5.41) is 0. The topological polar surface area (TPSA) is 17.1 Å². The van der Waals surface area contributed by atoms with E-state index in [1.807, 2.05) is 0 Å². The maximum atomic E-state index is 10.2. The number of carbonyl (C=O) groups excluding carboxylic acids is 1. The third-order valence-electron chi connectivity index (χ3n) is 5.66. The van der Waals surface area contributed by atoms with Crippen molar-refractivity contribution >= 4 is 6.29 Å². The van der Waals surface area contributed by atoms with E-state index in [-0.39, 0.29) is 0 Å². The Balaban J connectivity index is 1.67. The van der Waals surface area contributed by atoms with Crippen LogP contribution in [0.1, 0.15) is 128 Å². The lowest BCUT2D eigenvalue weighted by Crippen LogP contribution is -2.05. The molecule has 1 nitrogen and oxygen atoms in total. The molecular weight excluding hydrogens is 280 g/mol. The molecule has 0 aromatic heterocycles. The molecule has 1 fully saturated rings. The molecule has 0 heterocycles. The smallest absolute Gasteiger partial charge is 0.119 e. The quantitative estimate of drug-likeness (QED) is 0.211. The summed E-state index contributed by atoms with van der Waals surface area (Å²) >= 11 is 0. The number of hydrogen-bond acceptors (Lipinski definition) is 1. The average Bonchev–Trinajstić information content (AvgIpc) is 2.59.